The molecule has 3 heterocycles. The first-order valence-electron chi connectivity index (χ1n) is 11.0. The largest absolute Gasteiger partial charge is 0.310 e. The highest BCUT2D eigenvalue weighted by molar-refractivity contribution is 7.86. The van der Waals surface area contributed by atoms with Gasteiger partial charge in [0, 0.05) is 17.0 Å². The van der Waals surface area contributed by atoms with Crippen LogP contribution in [-0.2, 0) is 32.1 Å². The van der Waals surface area contributed by atoms with Gasteiger partial charge in [-0.25, -0.2) is 9.97 Å². The molecule has 0 unspecified atom stereocenters. The van der Waals surface area contributed by atoms with E-state index in [0.717, 1.165) is 28.2 Å². The number of hydrogen-bond acceptors (Lipinski definition) is 6. The summed E-state index contributed by atoms with van der Waals surface area (Å²) in [6.07, 6.45) is 2.00. The minimum absolute atomic E-state index is 0.0755. The molecule has 0 radical (unpaired) electrons. The van der Waals surface area contributed by atoms with Gasteiger partial charge in [0.05, 0.1) is 40.8 Å². The number of hydrogen-bond donors (Lipinski definition) is 1. The number of pyridine rings is 1. The molecule has 9 heteroatoms. The maximum absolute atomic E-state index is 12.7. The molecule has 0 fully saturated rings. The number of fused-ring (bicyclic) bond motifs is 2. The number of nitrogens with one attached hydrogen (secondary N) is 1. The lowest BCUT2D eigenvalue weighted by atomic mass is 10.1. The minimum atomic E-state index is -3.91. The van der Waals surface area contributed by atoms with Crippen LogP contribution < -0.4 is 5.32 Å². The molecule has 0 saturated carbocycles. The predicted octanol–water partition coefficient (Wildman–Crippen LogP) is 4.25. The monoisotopic (exact) mass is 476 g/mol. The Morgan fingerprint density at radius 2 is 1.91 bits per heavy atom. The van der Waals surface area contributed by atoms with Crippen molar-refractivity contribution in [3.8, 4) is 5.69 Å². The molecule has 34 heavy (non-hydrogen) atoms. The van der Waals surface area contributed by atoms with E-state index < -0.39 is 10.1 Å². The Bertz CT molecular complexity index is 1520. The highest BCUT2D eigenvalue weighted by atomic mass is 32.2. The Kier molecular flexibility index (Phi) is 5.45. The van der Waals surface area contributed by atoms with Crippen molar-refractivity contribution >= 4 is 32.9 Å². The van der Waals surface area contributed by atoms with Gasteiger partial charge in [0.25, 0.3) is 10.1 Å². The summed E-state index contributed by atoms with van der Waals surface area (Å²) in [5, 5.41) is 2.75. The first-order chi connectivity index (χ1) is 16.2. The summed E-state index contributed by atoms with van der Waals surface area (Å²) in [7, 11) is -3.91. The van der Waals surface area contributed by atoms with Gasteiger partial charge in [-0.2, -0.15) is 8.42 Å². The summed E-state index contributed by atoms with van der Waals surface area (Å²) < 4.78 is 32.8. The zero-order valence-corrected chi connectivity index (χ0v) is 19.9. The van der Waals surface area contributed by atoms with Crippen LogP contribution in [0.5, 0.6) is 0 Å². The van der Waals surface area contributed by atoms with Crippen molar-refractivity contribution in [1.29, 1.82) is 0 Å². The molecule has 0 atom stereocenters. The summed E-state index contributed by atoms with van der Waals surface area (Å²) in [6.45, 7) is 5.84. The van der Waals surface area contributed by atoms with Gasteiger partial charge in [0.1, 0.15) is 11.6 Å². The Labute approximate surface area is 197 Å². The molecule has 4 aromatic rings. The SMILES string of the molecule is Cc1ccc(S(=O)(=O)OCc2cccc3c2nc(C(C)C)n3-c2cnc3c(c2)CC(=O)N3)cc1. The second-order valence-corrected chi connectivity index (χ2v) is 10.3. The van der Waals surface area contributed by atoms with Crippen molar-refractivity contribution in [2.75, 3.05) is 5.32 Å². The number of benzene rings is 2. The van der Waals surface area contributed by atoms with Gasteiger partial charge < -0.3 is 5.32 Å². The zero-order chi connectivity index (χ0) is 24.0. The molecule has 1 aliphatic rings. The summed E-state index contributed by atoms with van der Waals surface area (Å²) in [4.78, 5) is 21.2. The van der Waals surface area contributed by atoms with Crippen LogP contribution in [0.2, 0.25) is 0 Å². The van der Waals surface area contributed by atoms with Crippen molar-refractivity contribution in [3.05, 3.63) is 77.2 Å². The van der Waals surface area contributed by atoms with E-state index in [4.69, 9.17) is 9.17 Å². The van der Waals surface area contributed by atoms with Crippen LogP contribution in [0, 0.1) is 6.92 Å². The van der Waals surface area contributed by atoms with Gasteiger partial charge in [-0.05, 0) is 31.2 Å². The number of amides is 1. The Morgan fingerprint density at radius 3 is 2.65 bits per heavy atom. The normalized spacial score (nSPS) is 13.5. The highest BCUT2D eigenvalue weighted by Crippen LogP contribution is 2.31. The lowest BCUT2D eigenvalue weighted by molar-refractivity contribution is -0.115. The summed E-state index contributed by atoms with van der Waals surface area (Å²) >= 11 is 0. The quantitative estimate of drug-likeness (QED) is 0.417. The molecule has 1 amide bonds. The topological polar surface area (TPSA) is 103 Å². The second-order valence-electron chi connectivity index (χ2n) is 8.70. The molecule has 1 N–H and O–H groups in total. The maximum Gasteiger partial charge on any atom is 0.297 e. The van der Waals surface area contributed by atoms with E-state index in [0.29, 0.717) is 16.9 Å². The molecular weight excluding hydrogens is 452 g/mol. The van der Waals surface area contributed by atoms with Crippen LogP contribution >= 0.6 is 0 Å². The third-order valence-corrected chi connectivity index (χ3v) is 7.09. The van der Waals surface area contributed by atoms with Gasteiger partial charge in [-0.3, -0.25) is 13.5 Å². The molecule has 2 aromatic heterocycles. The van der Waals surface area contributed by atoms with Crippen LogP contribution in [0.1, 0.15) is 42.3 Å². The highest BCUT2D eigenvalue weighted by Gasteiger charge is 2.23. The van der Waals surface area contributed by atoms with Crippen LogP contribution in [0.4, 0.5) is 5.82 Å². The van der Waals surface area contributed by atoms with E-state index in [9.17, 15) is 13.2 Å². The van der Waals surface area contributed by atoms with E-state index in [1.165, 1.54) is 12.1 Å². The number of para-hydroxylation sites is 1. The second kappa shape index (κ2) is 8.34. The lowest BCUT2D eigenvalue weighted by Crippen LogP contribution is -2.07. The third-order valence-electron chi connectivity index (χ3n) is 5.81. The predicted molar refractivity (Wildman–Crippen MR) is 128 cm³/mol. The van der Waals surface area contributed by atoms with Crippen molar-refractivity contribution in [2.45, 2.75) is 44.6 Å². The third kappa shape index (κ3) is 3.97. The molecule has 8 nitrogen and oxygen atoms in total. The Balaban J connectivity index is 1.54. The van der Waals surface area contributed by atoms with Crippen LogP contribution in [-0.4, -0.2) is 28.9 Å². The van der Waals surface area contributed by atoms with Crippen LogP contribution in [0.25, 0.3) is 16.7 Å². The van der Waals surface area contributed by atoms with Gasteiger partial charge >= 0.3 is 0 Å². The fourth-order valence-corrected chi connectivity index (χ4v) is 4.97. The summed E-state index contributed by atoms with van der Waals surface area (Å²) in [5.41, 5.74) is 4.75. The molecule has 0 spiro atoms. The molecule has 0 aliphatic carbocycles. The number of nitrogens with zero attached hydrogens (tertiary/aromatic N) is 3. The smallest absolute Gasteiger partial charge is 0.297 e. The van der Waals surface area contributed by atoms with Gasteiger partial charge in [0.2, 0.25) is 5.91 Å². The van der Waals surface area contributed by atoms with E-state index in [1.807, 2.05) is 49.6 Å². The molecule has 5 rings (SSSR count). The van der Waals surface area contributed by atoms with E-state index in [-0.39, 0.29) is 29.7 Å². The number of carbonyl (C=O) groups is 1. The molecule has 0 bridgehead atoms. The Hall–Kier alpha value is -3.56. The number of aryl methyl sites for hydroxylation is 1. The van der Waals surface area contributed by atoms with E-state index in [1.54, 1.807) is 18.3 Å². The fourth-order valence-electron chi connectivity index (χ4n) is 4.08. The van der Waals surface area contributed by atoms with E-state index >= 15 is 0 Å². The first-order valence-corrected chi connectivity index (χ1v) is 12.4. The lowest BCUT2D eigenvalue weighted by Gasteiger charge is -2.12. The standard InChI is InChI=1S/C25H24N4O4S/c1-15(2)25-28-23-17(14-33-34(31,32)20-9-7-16(3)8-10-20)5-4-6-21(23)29(25)19-11-18-12-22(30)27-24(18)26-13-19/h4-11,13,15H,12,14H2,1-3H3,(H,26,27,30). The molecular formula is C25H24N4O4S. The molecule has 1 aliphatic heterocycles. The van der Waals surface area contributed by atoms with Crippen LogP contribution in [0.15, 0.2) is 59.6 Å². The van der Waals surface area contributed by atoms with Crippen molar-refractivity contribution in [2.24, 2.45) is 0 Å². The average molecular weight is 477 g/mol. The van der Waals surface area contributed by atoms with Crippen molar-refractivity contribution in [3.63, 3.8) is 0 Å². The summed E-state index contributed by atoms with van der Waals surface area (Å²) in [5.74, 6) is 1.40. The maximum atomic E-state index is 12.7. The van der Waals surface area contributed by atoms with E-state index in [2.05, 4.69) is 10.3 Å². The van der Waals surface area contributed by atoms with Crippen molar-refractivity contribution < 1.29 is 17.4 Å². The zero-order valence-electron chi connectivity index (χ0n) is 19.1. The Morgan fingerprint density at radius 1 is 1.15 bits per heavy atom. The first kappa shape index (κ1) is 22.2. The van der Waals surface area contributed by atoms with Gasteiger partial charge in [-0.15, -0.1) is 0 Å². The molecule has 174 valence electrons. The molecule has 0 saturated heterocycles. The molecule has 2 aromatic carbocycles. The van der Waals surface area contributed by atoms with Gasteiger partial charge in [0.15, 0.2) is 0 Å². The number of rotatable bonds is 6. The number of aromatic nitrogens is 3. The number of carbonyl (C=O) groups excluding carboxylic acids is 1. The van der Waals surface area contributed by atoms with Gasteiger partial charge in [-0.1, -0.05) is 43.7 Å². The number of anilines is 1. The fraction of sp³-hybridized carbons (Fsp3) is 0.240. The van der Waals surface area contributed by atoms with Crippen molar-refractivity contribution in [1.82, 2.24) is 14.5 Å². The minimum Gasteiger partial charge on any atom is -0.310 e. The summed E-state index contributed by atoms with van der Waals surface area (Å²) in [6, 6.07) is 14.1. The average Bonchev–Trinajstić information content (AvgIpc) is 3.37. The van der Waals surface area contributed by atoms with Crippen LogP contribution in [0.3, 0.4) is 0 Å². The number of imidazole rings is 1.